The van der Waals surface area contributed by atoms with E-state index in [0.29, 0.717) is 5.41 Å². The number of hydrogen-bond acceptors (Lipinski definition) is 2. The lowest BCUT2D eigenvalue weighted by Gasteiger charge is -2.26. The van der Waals surface area contributed by atoms with Gasteiger partial charge < -0.3 is 10.2 Å². The molecule has 0 bridgehead atoms. The van der Waals surface area contributed by atoms with E-state index < -0.39 is 0 Å². The molecule has 0 spiro atoms. The Morgan fingerprint density at radius 1 is 1.06 bits per heavy atom. The molecule has 0 aliphatic rings. The summed E-state index contributed by atoms with van der Waals surface area (Å²) in [6.07, 6.45) is 3.85. The van der Waals surface area contributed by atoms with E-state index in [4.69, 9.17) is 0 Å². The van der Waals surface area contributed by atoms with Crippen molar-refractivity contribution < 1.29 is 0 Å². The highest BCUT2D eigenvalue weighted by atomic mass is 15.0. The molecule has 98 valence electrons. The van der Waals surface area contributed by atoms with Crippen molar-refractivity contribution in [3.63, 3.8) is 0 Å². The predicted molar refractivity (Wildman–Crippen MR) is 73.9 cm³/mol. The van der Waals surface area contributed by atoms with Gasteiger partial charge in [0, 0.05) is 0 Å². The van der Waals surface area contributed by atoms with Crippen molar-refractivity contribution in [3.05, 3.63) is 0 Å². The average Bonchev–Trinajstić information content (AvgIpc) is 2.14. The summed E-state index contributed by atoms with van der Waals surface area (Å²) < 4.78 is 0. The van der Waals surface area contributed by atoms with Crippen LogP contribution in [0.3, 0.4) is 0 Å². The minimum atomic E-state index is 0.467. The zero-order valence-corrected chi connectivity index (χ0v) is 12.3. The first kappa shape index (κ1) is 15.9. The molecule has 2 heteroatoms. The molecule has 0 radical (unpaired) electrons. The van der Waals surface area contributed by atoms with Gasteiger partial charge in [0.2, 0.25) is 0 Å². The summed E-state index contributed by atoms with van der Waals surface area (Å²) in [4.78, 5) is 2.27. The molecule has 2 nitrogen and oxygen atoms in total. The van der Waals surface area contributed by atoms with E-state index >= 15 is 0 Å². The van der Waals surface area contributed by atoms with E-state index in [0.717, 1.165) is 12.5 Å². The van der Waals surface area contributed by atoms with E-state index in [9.17, 15) is 0 Å². The summed E-state index contributed by atoms with van der Waals surface area (Å²) in [5.74, 6) is 0.814. The molecule has 0 aromatic heterocycles. The summed E-state index contributed by atoms with van der Waals surface area (Å²) in [6, 6.07) is 0. The van der Waals surface area contributed by atoms with Crippen LogP contribution in [0.4, 0.5) is 0 Å². The maximum absolute atomic E-state index is 3.55. The Hall–Kier alpha value is -0.0800. The van der Waals surface area contributed by atoms with E-state index in [2.05, 4.69) is 52.0 Å². The van der Waals surface area contributed by atoms with E-state index in [1.165, 1.54) is 32.4 Å². The molecular formula is C14H32N2. The van der Waals surface area contributed by atoms with Crippen LogP contribution < -0.4 is 5.32 Å². The van der Waals surface area contributed by atoms with Crippen LogP contribution in [0.25, 0.3) is 0 Å². The highest BCUT2D eigenvalue weighted by molar-refractivity contribution is 4.71. The number of nitrogens with zero attached hydrogens (tertiary/aromatic N) is 1. The van der Waals surface area contributed by atoms with E-state index in [-0.39, 0.29) is 0 Å². The second kappa shape index (κ2) is 8.08. The largest absolute Gasteiger partial charge is 0.317 e. The van der Waals surface area contributed by atoms with Crippen LogP contribution in [0, 0.1) is 11.3 Å². The number of rotatable bonds is 9. The highest BCUT2D eigenvalue weighted by Gasteiger charge is 2.16. The topological polar surface area (TPSA) is 15.3 Å². The minimum Gasteiger partial charge on any atom is -0.317 e. The first-order chi connectivity index (χ1) is 7.33. The van der Waals surface area contributed by atoms with Crippen LogP contribution in [0.15, 0.2) is 0 Å². The molecule has 0 aromatic carbocycles. The second-order valence-electron chi connectivity index (χ2n) is 6.40. The Balaban J connectivity index is 3.50. The quantitative estimate of drug-likeness (QED) is 0.610. The molecule has 0 aromatic rings. The van der Waals surface area contributed by atoms with Gasteiger partial charge in [-0.15, -0.1) is 0 Å². The maximum Gasteiger partial charge on any atom is -0.00197 e. The lowest BCUT2D eigenvalue weighted by molar-refractivity contribution is 0.255. The fourth-order valence-corrected chi connectivity index (χ4v) is 1.59. The minimum absolute atomic E-state index is 0.467. The van der Waals surface area contributed by atoms with Crippen LogP contribution in [0.5, 0.6) is 0 Å². The van der Waals surface area contributed by atoms with Gasteiger partial charge in [0.1, 0.15) is 0 Å². The van der Waals surface area contributed by atoms with Gasteiger partial charge in [0.15, 0.2) is 0 Å². The van der Waals surface area contributed by atoms with Crippen molar-refractivity contribution in [3.8, 4) is 0 Å². The van der Waals surface area contributed by atoms with Crippen molar-refractivity contribution in [2.24, 2.45) is 11.3 Å². The first-order valence-electron chi connectivity index (χ1n) is 6.69. The van der Waals surface area contributed by atoms with Crippen LogP contribution in [0.2, 0.25) is 0 Å². The standard InChI is InChI=1S/C14H32N2/c1-13(2)7-10-15-11-8-14(3,4)9-12-16(5)6/h13,15H,7-12H2,1-6H3. The molecule has 0 rings (SSSR count). The van der Waals surface area contributed by atoms with Crippen molar-refractivity contribution in [2.45, 2.75) is 47.0 Å². The summed E-state index contributed by atoms with van der Waals surface area (Å²) in [6.45, 7) is 12.8. The number of hydrogen-bond donors (Lipinski definition) is 1. The Labute approximate surface area is 103 Å². The van der Waals surface area contributed by atoms with Crippen molar-refractivity contribution in [1.29, 1.82) is 0 Å². The first-order valence-corrected chi connectivity index (χ1v) is 6.69. The Bertz CT molecular complexity index is 162. The summed E-state index contributed by atoms with van der Waals surface area (Å²) >= 11 is 0. The fraction of sp³-hybridized carbons (Fsp3) is 1.00. The summed E-state index contributed by atoms with van der Waals surface area (Å²) in [7, 11) is 4.30. The third-order valence-corrected chi connectivity index (χ3v) is 3.11. The molecule has 0 heterocycles. The van der Waals surface area contributed by atoms with Gasteiger partial charge in [-0.2, -0.15) is 0 Å². The zero-order valence-electron chi connectivity index (χ0n) is 12.3. The molecule has 1 N–H and O–H groups in total. The Morgan fingerprint density at radius 3 is 2.19 bits per heavy atom. The highest BCUT2D eigenvalue weighted by Crippen LogP contribution is 2.24. The van der Waals surface area contributed by atoms with Crippen molar-refractivity contribution in [2.75, 3.05) is 33.7 Å². The molecule has 0 aliphatic heterocycles. The van der Waals surface area contributed by atoms with E-state index in [1.54, 1.807) is 0 Å². The van der Waals surface area contributed by atoms with Gasteiger partial charge in [-0.1, -0.05) is 27.7 Å². The Morgan fingerprint density at radius 2 is 1.69 bits per heavy atom. The number of nitrogens with one attached hydrogen (secondary N) is 1. The molecule has 0 amide bonds. The van der Waals surface area contributed by atoms with Gasteiger partial charge in [0.05, 0.1) is 0 Å². The third-order valence-electron chi connectivity index (χ3n) is 3.11. The molecule has 0 saturated heterocycles. The third kappa shape index (κ3) is 10.4. The van der Waals surface area contributed by atoms with Crippen molar-refractivity contribution in [1.82, 2.24) is 10.2 Å². The normalized spacial score (nSPS) is 12.8. The summed E-state index contributed by atoms with van der Waals surface area (Å²) in [5, 5.41) is 3.55. The molecule has 0 unspecified atom stereocenters. The maximum atomic E-state index is 3.55. The van der Waals surface area contributed by atoms with Gasteiger partial charge in [-0.05, 0) is 64.3 Å². The van der Waals surface area contributed by atoms with Crippen LogP contribution >= 0.6 is 0 Å². The SMILES string of the molecule is CC(C)CCNCCC(C)(C)CCN(C)C. The Kier molecular flexibility index (Phi) is 8.04. The zero-order chi connectivity index (χ0) is 12.6. The molecule has 0 saturated carbocycles. The molecule has 0 fully saturated rings. The lowest BCUT2D eigenvalue weighted by atomic mass is 9.85. The van der Waals surface area contributed by atoms with Crippen LogP contribution in [0.1, 0.15) is 47.0 Å². The van der Waals surface area contributed by atoms with Gasteiger partial charge >= 0.3 is 0 Å². The van der Waals surface area contributed by atoms with Crippen LogP contribution in [-0.4, -0.2) is 38.6 Å². The predicted octanol–water partition coefficient (Wildman–Crippen LogP) is 2.99. The molecule has 0 atom stereocenters. The summed E-state index contributed by atoms with van der Waals surface area (Å²) in [5.41, 5.74) is 0.467. The van der Waals surface area contributed by atoms with Gasteiger partial charge in [-0.3, -0.25) is 0 Å². The molecular weight excluding hydrogens is 196 g/mol. The van der Waals surface area contributed by atoms with Crippen molar-refractivity contribution >= 4 is 0 Å². The second-order valence-corrected chi connectivity index (χ2v) is 6.40. The van der Waals surface area contributed by atoms with Gasteiger partial charge in [-0.25, -0.2) is 0 Å². The molecule has 0 aliphatic carbocycles. The van der Waals surface area contributed by atoms with E-state index in [1.807, 2.05) is 0 Å². The monoisotopic (exact) mass is 228 g/mol. The van der Waals surface area contributed by atoms with Gasteiger partial charge in [0.25, 0.3) is 0 Å². The fourth-order valence-electron chi connectivity index (χ4n) is 1.59. The smallest absolute Gasteiger partial charge is 0.00197 e. The van der Waals surface area contributed by atoms with Crippen LogP contribution in [-0.2, 0) is 0 Å². The molecule has 16 heavy (non-hydrogen) atoms. The average molecular weight is 228 g/mol. The lowest BCUT2D eigenvalue weighted by Crippen LogP contribution is -2.27.